The van der Waals surface area contributed by atoms with Crippen molar-refractivity contribution in [2.75, 3.05) is 62.3 Å². The van der Waals surface area contributed by atoms with Crippen LogP contribution in [-0.2, 0) is 16.0 Å². The van der Waals surface area contributed by atoms with E-state index in [1.54, 1.807) is 11.0 Å². The fourth-order valence-electron chi connectivity index (χ4n) is 4.87. The monoisotopic (exact) mass is 450 g/mol. The van der Waals surface area contributed by atoms with E-state index in [0.29, 0.717) is 13.2 Å². The summed E-state index contributed by atoms with van der Waals surface area (Å²) in [6, 6.07) is 13.3. The molecule has 3 aromatic rings. The third-order valence-corrected chi connectivity index (χ3v) is 6.78. The Labute approximate surface area is 193 Å². The maximum Gasteiger partial charge on any atom is 0.253 e. The fourth-order valence-corrected chi connectivity index (χ4v) is 4.87. The van der Waals surface area contributed by atoms with Gasteiger partial charge in [-0.05, 0) is 73.8 Å². The molecule has 0 aliphatic carbocycles. The van der Waals surface area contributed by atoms with E-state index in [4.69, 9.17) is 4.74 Å². The summed E-state index contributed by atoms with van der Waals surface area (Å²) in [5.74, 6) is -0.148. The van der Waals surface area contributed by atoms with Crippen LogP contribution in [-0.4, -0.2) is 68.3 Å². The Bertz CT molecular complexity index is 1090. The van der Waals surface area contributed by atoms with Gasteiger partial charge >= 0.3 is 0 Å². The Morgan fingerprint density at radius 2 is 1.73 bits per heavy atom. The molecule has 1 amide bonds. The first-order valence-electron chi connectivity index (χ1n) is 11.9. The number of nitrogens with zero attached hydrogens (tertiary/aromatic N) is 3. The van der Waals surface area contributed by atoms with Crippen molar-refractivity contribution in [1.29, 1.82) is 0 Å². The van der Waals surface area contributed by atoms with Crippen LogP contribution in [0.25, 0.3) is 10.9 Å². The number of hydrogen-bond acceptors (Lipinski definition) is 4. The smallest absolute Gasteiger partial charge is 0.253 e. The summed E-state index contributed by atoms with van der Waals surface area (Å²) in [5, 5.41) is 1.01. The highest BCUT2D eigenvalue weighted by atomic mass is 19.1. The third kappa shape index (κ3) is 5.04. The van der Waals surface area contributed by atoms with Crippen molar-refractivity contribution in [3.8, 4) is 0 Å². The van der Waals surface area contributed by atoms with Gasteiger partial charge in [-0.1, -0.05) is 0 Å². The molecule has 5 rings (SSSR count). The minimum absolute atomic E-state index is 0.0273. The highest BCUT2D eigenvalue weighted by molar-refractivity contribution is 5.95. The number of carbonyl (C=O) groups is 1. The lowest BCUT2D eigenvalue weighted by Gasteiger charge is -2.36. The largest absolute Gasteiger partial charge is 0.370 e. The number of nitrogens with one attached hydrogen (secondary N) is 1. The van der Waals surface area contributed by atoms with Crippen LogP contribution in [0.2, 0.25) is 0 Å². The highest BCUT2D eigenvalue weighted by Gasteiger charge is 2.21. The molecule has 0 radical (unpaired) electrons. The van der Waals surface area contributed by atoms with E-state index in [0.717, 1.165) is 68.6 Å². The standard InChI is InChI=1S/C26H31FN4O2/c27-21-4-9-25-24(17-21)20(18-28-25)3-1-2-10-29-11-13-30(14-12-29)22-5-7-23(8-6-22)31-15-16-33-19-26(31)32/h4-9,17-18,28H,1-3,10-16,19H2. The van der Waals surface area contributed by atoms with Crippen molar-refractivity contribution in [3.63, 3.8) is 0 Å². The summed E-state index contributed by atoms with van der Waals surface area (Å²) in [7, 11) is 0. The summed E-state index contributed by atoms with van der Waals surface area (Å²) in [6.45, 7) is 6.62. The summed E-state index contributed by atoms with van der Waals surface area (Å²) in [5.41, 5.74) is 4.37. The number of H-pyrrole nitrogens is 1. The minimum Gasteiger partial charge on any atom is -0.370 e. The normalized spacial score (nSPS) is 17.8. The summed E-state index contributed by atoms with van der Waals surface area (Å²) in [6.07, 6.45) is 5.24. The van der Waals surface area contributed by atoms with Crippen molar-refractivity contribution in [1.82, 2.24) is 9.88 Å². The molecular weight excluding hydrogens is 419 g/mol. The quantitative estimate of drug-likeness (QED) is 0.556. The lowest BCUT2D eigenvalue weighted by Crippen LogP contribution is -2.46. The van der Waals surface area contributed by atoms with E-state index in [1.807, 2.05) is 24.4 Å². The van der Waals surface area contributed by atoms with Crippen LogP contribution in [0.5, 0.6) is 0 Å². The molecule has 0 unspecified atom stereocenters. The molecule has 2 aliphatic heterocycles. The molecule has 1 aromatic heterocycles. The molecular formula is C26H31FN4O2. The van der Waals surface area contributed by atoms with Crippen LogP contribution in [0.15, 0.2) is 48.7 Å². The van der Waals surface area contributed by atoms with Crippen molar-refractivity contribution in [2.24, 2.45) is 0 Å². The van der Waals surface area contributed by atoms with Gasteiger partial charge in [0.1, 0.15) is 12.4 Å². The number of carbonyl (C=O) groups excluding carboxylic acids is 1. The molecule has 2 fully saturated rings. The van der Waals surface area contributed by atoms with E-state index < -0.39 is 0 Å². The van der Waals surface area contributed by atoms with Gasteiger partial charge in [-0.2, -0.15) is 0 Å². The number of rotatable bonds is 7. The summed E-state index contributed by atoms with van der Waals surface area (Å²) < 4.78 is 18.8. The predicted octanol–water partition coefficient (Wildman–Crippen LogP) is 3.82. The van der Waals surface area contributed by atoms with Crippen LogP contribution < -0.4 is 9.80 Å². The zero-order chi connectivity index (χ0) is 22.6. The van der Waals surface area contributed by atoms with E-state index >= 15 is 0 Å². The van der Waals surface area contributed by atoms with E-state index in [9.17, 15) is 9.18 Å². The number of ether oxygens (including phenoxy) is 1. The molecule has 6 nitrogen and oxygen atoms in total. The average molecular weight is 451 g/mol. The molecule has 2 aliphatic rings. The van der Waals surface area contributed by atoms with Crippen LogP contribution in [0.3, 0.4) is 0 Å². The molecule has 7 heteroatoms. The van der Waals surface area contributed by atoms with Crippen LogP contribution in [0.4, 0.5) is 15.8 Å². The maximum absolute atomic E-state index is 13.6. The number of halogens is 1. The first kappa shape index (κ1) is 21.9. The highest BCUT2D eigenvalue weighted by Crippen LogP contribution is 2.24. The van der Waals surface area contributed by atoms with Gasteiger partial charge in [0.25, 0.3) is 5.91 Å². The first-order chi connectivity index (χ1) is 16.2. The van der Waals surface area contributed by atoms with E-state index in [2.05, 4.69) is 26.9 Å². The number of unbranched alkanes of at least 4 members (excludes halogenated alkanes) is 1. The number of aromatic nitrogens is 1. The van der Waals surface area contributed by atoms with Gasteiger partial charge in [0.2, 0.25) is 0 Å². The predicted molar refractivity (Wildman–Crippen MR) is 129 cm³/mol. The van der Waals surface area contributed by atoms with Crippen LogP contribution in [0.1, 0.15) is 18.4 Å². The average Bonchev–Trinajstić information content (AvgIpc) is 3.25. The van der Waals surface area contributed by atoms with Gasteiger partial charge in [-0.15, -0.1) is 0 Å². The van der Waals surface area contributed by atoms with Gasteiger partial charge in [0.15, 0.2) is 0 Å². The van der Waals surface area contributed by atoms with Crippen molar-refractivity contribution >= 4 is 28.2 Å². The van der Waals surface area contributed by atoms with Gasteiger partial charge in [-0.3, -0.25) is 9.69 Å². The molecule has 2 aromatic carbocycles. The number of aryl methyl sites for hydroxylation is 1. The molecule has 3 heterocycles. The number of piperazine rings is 1. The Balaban J connectivity index is 1.06. The Morgan fingerprint density at radius 3 is 2.52 bits per heavy atom. The van der Waals surface area contributed by atoms with Crippen LogP contribution >= 0.6 is 0 Å². The van der Waals surface area contributed by atoms with E-state index in [1.165, 1.54) is 17.3 Å². The van der Waals surface area contributed by atoms with Crippen LogP contribution in [0, 0.1) is 5.82 Å². The zero-order valence-electron chi connectivity index (χ0n) is 18.9. The van der Waals surface area contributed by atoms with Gasteiger partial charge < -0.3 is 19.5 Å². The minimum atomic E-state index is -0.176. The topological polar surface area (TPSA) is 51.8 Å². The summed E-state index contributed by atoms with van der Waals surface area (Å²) >= 11 is 0. The lowest BCUT2D eigenvalue weighted by molar-refractivity contribution is -0.125. The van der Waals surface area contributed by atoms with Gasteiger partial charge in [-0.25, -0.2) is 4.39 Å². The fraction of sp³-hybridized carbons (Fsp3) is 0.423. The number of amides is 1. The second kappa shape index (κ2) is 9.93. The molecule has 0 atom stereocenters. The number of anilines is 2. The molecule has 1 N–H and O–H groups in total. The number of hydrogen-bond donors (Lipinski definition) is 1. The molecule has 0 saturated carbocycles. The SMILES string of the molecule is O=C1COCCN1c1ccc(N2CCN(CCCCc3c[nH]c4ccc(F)cc34)CC2)cc1. The molecule has 174 valence electrons. The molecule has 0 spiro atoms. The third-order valence-electron chi connectivity index (χ3n) is 6.78. The van der Waals surface area contributed by atoms with Crippen molar-refractivity contribution in [3.05, 3.63) is 60.0 Å². The molecule has 2 saturated heterocycles. The second-order valence-corrected chi connectivity index (χ2v) is 8.90. The summed E-state index contributed by atoms with van der Waals surface area (Å²) in [4.78, 5) is 22.0. The van der Waals surface area contributed by atoms with E-state index in [-0.39, 0.29) is 18.3 Å². The van der Waals surface area contributed by atoms with Gasteiger partial charge in [0, 0.05) is 61.2 Å². The van der Waals surface area contributed by atoms with Gasteiger partial charge in [0.05, 0.1) is 6.61 Å². The van der Waals surface area contributed by atoms with Crippen molar-refractivity contribution < 1.29 is 13.9 Å². The lowest BCUT2D eigenvalue weighted by atomic mass is 10.1. The Hall–Kier alpha value is -2.90. The zero-order valence-corrected chi connectivity index (χ0v) is 18.9. The first-order valence-corrected chi connectivity index (χ1v) is 11.9. The molecule has 33 heavy (non-hydrogen) atoms. The molecule has 0 bridgehead atoms. The number of morpholine rings is 1. The second-order valence-electron chi connectivity index (χ2n) is 8.90. The number of fused-ring (bicyclic) bond motifs is 1. The Kier molecular flexibility index (Phi) is 6.60. The maximum atomic E-state index is 13.6. The number of benzene rings is 2. The van der Waals surface area contributed by atoms with Crippen molar-refractivity contribution in [2.45, 2.75) is 19.3 Å². The Morgan fingerprint density at radius 1 is 0.939 bits per heavy atom. The number of aromatic amines is 1.